The van der Waals surface area contributed by atoms with Gasteiger partial charge < -0.3 is 10.2 Å². The van der Waals surface area contributed by atoms with Crippen LogP contribution in [0.15, 0.2) is 30.5 Å². The standard InChI is InChI=1S/C18H27N3/c1-13(2)12-21(14(3)4)18-17-9-7-6-8-16(17)15(10-19-5)11-20-18/h6-9,11,13-14,19H,10,12H2,1-5H3. The van der Waals surface area contributed by atoms with Gasteiger partial charge in [0, 0.05) is 30.7 Å². The summed E-state index contributed by atoms with van der Waals surface area (Å²) in [6.07, 6.45) is 2.02. The van der Waals surface area contributed by atoms with Gasteiger partial charge in [-0.1, -0.05) is 38.1 Å². The highest BCUT2D eigenvalue weighted by Crippen LogP contribution is 2.29. The van der Waals surface area contributed by atoms with Crippen LogP contribution in [0.4, 0.5) is 5.82 Å². The van der Waals surface area contributed by atoms with Crippen LogP contribution in [0.2, 0.25) is 0 Å². The van der Waals surface area contributed by atoms with Gasteiger partial charge in [0.1, 0.15) is 5.82 Å². The highest BCUT2D eigenvalue weighted by Gasteiger charge is 2.17. The second-order valence-corrected chi connectivity index (χ2v) is 6.32. The Bertz CT molecular complexity index is 590. The predicted octanol–water partition coefficient (Wildman–Crippen LogP) is 3.83. The van der Waals surface area contributed by atoms with Crippen LogP contribution in [0.5, 0.6) is 0 Å². The summed E-state index contributed by atoms with van der Waals surface area (Å²) in [4.78, 5) is 7.20. The first-order valence-electron chi connectivity index (χ1n) is 7.82. The van der Waals surface area contributed by atoms with E-state index < -0.39 is 0 Å². The molecule has 0 fully saturated rings. The van der Waals surface area contributed by atoms with Crippen LogP contribution in [0.3, 0.4) is 0 Å². The Morgan fingerprint density at radius 1 is 1.10 bits per heavy atom. The number of benzene rings is 1. The molecule has 1 heterocycles. The van der Waals surface area contributed by atoms with Gasteiger partial charge in [-0.15, -0.1) is 0 Å². The molecule has 21 heavy (non-hydrogen) atoms. The zero-order valence-electron chi connectivity index (χ0n) is 13.9. The second-order valence-electron chi connectivity index (χ2n) is 6.32. The van der Waals surface area contributed by atoms with Crippen LogP contribution in [0.1, 0.15) is 33.3 Å². The lowest BCUT2D eigenvalue weighted by atomic mass is 10.1. The predicted molar refractivity (Wildman–Crippen MR) is 91.8 cm³/mol. The molecule has 0 spiro atoms. The molecule has 0 aliphatic heterocycles. The number of pyridine rings is 1. The van der Waals surface area contributed by atoms with E-state index in [0.717, 1.165) is 18.9 Å². The van der Waals surface area contributed by atoms with E-state index in [2.05, 4.69) is 62.2 Å². The van der Waals surface area contributed by atoms with Crippen molar-refractivity contribution in [3.8, 4) is 0 Å². The van der Waals surface area contributed by atoms with E-state index in [1.165, 1.54) is 16.3 Å². The Morgan fingerprint density at radius 2 is 1.76 bits per heavy atom. The Kier molecular flexibility index (Phi) is 5.18. The van der Waals surface area contributed by atoms with Crippen molar-refractivity contribution < 1.29 is 0 Å². The SMILES string of the molecule is CNCc1cnc(N(CC(C)C)C(C)C)c2ccccc12. The van der Waals surface area contributed by atoms with Crippen molar-refractivity contribution in [3.05, 3.63) is 36.0 Å². The number of fused-ring (bicyclic) bond motifs is 1. The molecular weight excluding hydrogens is 258 g/mol. The average Bonchev–Trinajstić information content (AvgIpc) is 2.45. The van der Waals surface area contributed by atoms with Gasteiger partial charge in [0.05, 0.1) is 0 Å². The number of rotatable bonds is 6. The quantitative estimate of drug-likeness (QED) is 0.874. The Balaban J connectivity index is 2.55. The maximum atomic E-state index is 4.79. The van der Waals surface area contributed by atoms with Crippen LogP contribution in [-0.4, -0.2) is 24.6 Å². The molecule has 0 saturated carbocycles. The minimum Gasteiger partial charge on any atom is -0.353 e. The van der Waals surface area contributed by atoms with Crippen molar-refractivity contribution in [3.63, 3.8) is 0 Å². The Hall–Kier alpha value is -1.61. The minimum atomic E-state index is 0.443. The van der Waals surface area contributed by atoms with Crippen LogP contribution in [0, 0.1) is 5.92 Å². The molecule has 1 aromatic heterocycles. The summed E-state index contributed by atoms with van der Waals surface area (Å²) in [7, 11) is 1.97. The highest BCUT2D eigenvalue weighted by atomic mass is 15.2. The summed E-state index contributed by atoms with van der Waals surface area (Å²) < 4.78 is 0. The number of aromatic nitrogens is 1. The van der Waals surface area contributed by atoms with Crippen molar-refractivity contribution in [1.82, 2.24) is 10.3 Å². The normalized spacial score (nSPS) is 11.6. The summed E-state index contributed by atoms with van der Waals surface area (Å²) >= 11 is 0. The fraction of sp³-hybridized carbons (Fsp3) is 0.500. The van der Waals surface area contributed by atoms with Crippen LogP contribution < -0.4 is 10.2 Å². The summed E-state index contributed by atoms with van der Waals surface area (Å²) in [5, 5.41) is 5.77. The maximum Gasteiger partial charge on any atom is 0.136 e. The van der Waals surface area contributed by atoms with Gasteiger partial charge in [-0.3, -0.25) is 0 Å². The smallest absolute Gasteiger partial charge is 0.136 e. The van der Waals surface area contributed by atoms with E-state index in [1.807, 2.05) is 13.2 Å². The third-order valence-corrected chi connectivity index (χ3v) is 3.68. The van der Waals surface area contributed by atoms with Gasteiger partial charge in [-0.2, -0.15) is 0 Å². The molecule has 3 heteroatoms. The van der Waals surface area contributed by atoms with Gasteiger partial charge >= 0.3 is 0 Å². The van der Waals surface area contributed by atoms with E-state index >= 15 is 0 Å². The molecule has 0 saturated heterocycles. The minimum absolute atomic E-state index is 0.443. The topological polar surface area (TPSA) is 28.2 Å². The first kappa shape index (κ1) is 15.8. The molecule has 0 unspecified atom stereocenters. The van der Waals surface area contributed by atoms with E-state index in [4.69, 9.17) is 4.98 Å². The molecular formula is C18H27N3. The lowest BCUT2D eigenvalue weighted by molar-refractivity contribution is 0.567. The fourth-order valence-corrected chi connectivity index (χ4v) is 2.73. The van der Waals surface area contributed by atoms with Crippen molar-refractivity contribution in [2.24, 2.45) is 5.92 Å². The van der Waals surface area contributed by atoms with Crippen molar-refractivity contribution in [2.45, 2.75) is 40.3 Å². The zero-order valence-corrected chi connectivity index (χ0v) is 13.9. The molecule has 0 aliphatic carbocycles. The van der Waals surface area contributed by atoms with E-state index in [0.29, 0.717) is 12.0 Å². The lowest BCUT2D eigenvalue weighted by Gasteiger charge is -2.31. The molecule has 0 radical (unpaired) electrons. The van der Waals surface area contributed by atoms with Crippen LogP contribution in [-0.2, 0) is 6.54 Å². The molecule has 2 aromatic rings. The van der Waals surface area contributed by atoms with Gasteiger partial charge in [0.15, 0.2) is 0 Å². The van der Waals surface area contributed by atoms with Crippen molar-refractivity contribution in [1.29, 1.82) is 0 Å². The van der Waals surface area contributed by atoms with Crippen LogP contribution in [0.25, 0.3) is 10.8 Å². The Labute approximate surface area is 128 Å². The molecule has 0 amide bonds. The monoisotopic (exact) mass is 285 g/mol. The number of hydrogen-bond donors (Lipinski definition) is 1. The summed E-state index contributed by atoms with van der Waals surface area (Å²) in [5.41, 5.74) is 1.25. The molecule has 0 bridgehead atoms. The van der Waals surface area contributed by atoms with Gasteiger partial charge in [-0.25, -0.2) is 4.98 Å². The van der Waals surface area contributed by atoms with Gasteiger partial charge in [0.2, 0.25) is 0 Å². The molecule has 1 aromatic carbocycles. The zero-order chi connectivity index (χ0) is 15.4. The van der Waals surface area contributed by atoms with E-state index in [1.54, 1.807) is 0 Å². The maximum absolute atomic E-state index is 4.79. The summed E-state index contributed by atoms with van der Waals surface area (Å²) in [6.45, 7) is 10.9. The van der Waals surface area contributed by atoms with E-state index in [9.17, 15) is 0 Å². The molecule has 1 N–H and O–H groups in total. The fourth-order valence-electron chi connectivity index (χ4n) is 2.73. The first-order chi connectivity index (χ1) is 10.0. The second kappa shape index (κ2) is 6.90. The molecule has 114 valence electrons. The number of nitrogens with zero attached hydrogens (tertiary/aromatic N) is 2. The third kappa shape index (κ3) is 3.53. The average molecular weight is 285 g/mol. The summed E-state index contributed by atoms with van der Waals surface area (Å²) in [6, 6.07) is 9.03. The Morgan fingerprint density at radius 3 is 2.33 bits per heavy atom. The third-order valence-electron chi connectivity index (χ3n) is 3.68. The first-order valence-corrected chi connectivity index (χ1v) is 7.82. The molecule has 0 atom stereocenters. The highest BCUT2D eigenvalue weighted by molar-refractivity contribution is 5.94. The lowest BCUT2D eigenvalue weighted by Crippen LogP contribution is -2.35. The van der Waals surface area contributed by atoms with Gasteiger partial charge in [-0.05, 0) is 37.8 Å². The van der Waals surface area contributed by atoms with Crippen molar-refractivity contribution in [2.75, 3.05) is 18.5 Å². The summed E-state index contributed by atoms with van der Waals surface area (Å²) in [5.74, 6) is 1.72. The molecule has 0 aliphatic rings. The molecule has 2 rings (SSSR count). The largest absolute Gasteiger partial charge is 0.353 e. The number of hydrogen-bond acceptors (Lipinski definition) is 3. The van der Waals surface area contributed by atoms with Crippen molar-refractivity contribution >= 4 is 16.6 Å². The number of anilines is 1. The van der Waals surface area contributed by atoms with Crippen LogP contribution >= 0.6 is 0 Å². The molecule has 3 nitrogen and oxygen atoms in total. The number of nitrogens with one attached hydrogen (secondary N) is 1. The van der Waals surface area contributed by atoms with Gasteiger partial charge in [0.25, 0.3) is 0 Å². The van der Waals surface area contributed by atoms with E-state index in [-0.39, 0.29) is 0 Å².